The van der Waals surface area contributed by atoms with Crippen LogP contribution in [0, 0.1) is 23.2 Å². The third-order valence-electron chi connectivity index (χ3n) is 5.24. The maximum Gasteiger partial charge on any atom is 0.319 e. The number of aliphatic carboxylic acids is 1. The lowest BCUT2D eigenvalue weighted by atomic mass is 9.64. The summed E-state index contributed by atoms with van der Waals surface area (Å²) in [7, 11) is 0. The van der Waals surface area contributed by atoms with E-state index in [9.17, 15) is 14.7 Å². The highest BCUT2D eigenvalue weighted by atomic mass is 16.4. The molecule has 1 amide bonds. The first-order valence-corrected chi connectivity index (χ1v) is 7.40. The molecule has 108 valence electrons. The van der Waals surface area contributed by atoms with Gasteiger partial charge < -0.3 is 10.4 Å². The average molecular weight is 267 g/mol. The van der Waals surface area contributed by atoms with Crippen molar-refractivity contribution in [2.24, 2.45) is 23.2 Å². The Morgan fingerprint density at radius 3 is 2.21 bits per heavy atom. The minimum atomic E-state index is -1.27. The summed E-state index contributed by atoms with van der Waals surface area (Å²) >= 11 is 0. The summed E-state index contributed by atoms with van der Waals surface area (Å²) in [6, 6.07) is 0.214. The fourth-order valence-corrected chi connectivity index (χ4v) is 3.09. The minimum Gasteiger partial charge on any atom is -0.480 e. The zero-order valence-corrected chi connectivity index (χ0v) is 12.1. The van der Waals surface area contributed by atoms with Gasteiger partial charge in [0.1, 0.15) is 5.41 Å². The first kappa shape index (κ1) is 14.4. The van der Waals surface area contributed by atoms with Crippen LogP contribution in [0.4, 0.5) is 0 Å². The van der Waals surface area contributed by atoms with E-state index in [0.717, 1.165) is 32.1 Å². The van der Waals surface area contributed by atoms with Crippen LogP contribution in [-0.2, 0) is 9.59 Å². The molecule has 2 saturated carbocycles. The SMILES string of the molecule is CC1CCC(C(C)(C(=O)O)C(=O)NC2CC2)CC1C. The van der Waals surface area contributed by atoms with Gasteiger partial charge in [0.05, 0.1) is 0 Å². The summed E-state index contributed by atoms with van der Waals surface area (Å²) in [4.78, 5) is 24.0. The second-order valence-corrected chi connectivity index (χ2v) is 6.72. The molecule has 0 aliphatic heterocycles. The Kier molecular flexibility index (Phi) is 3.88. The van der Waals surface area contributed by atoms with Gasteiger partial charge in [0.15, 0.2) is 0 Å². The molecule has 2 N–H and O–H groups in total. The highest BCUT2D eigenvalue weighted by Crippen LogP contribution is 2.43. The molecular formula is C15H25NO3. The summed E-state index contributed by atoms with van der Waals surface area (Å²) in [5, 5.41) is 12.5. The van der Waals surface area contributed by atoms with Crippen LogP contribution in [0.5, 0.6) is 0 Å². The smallest absolute Gasteiger partial charge is 0.319 e. The van der Waals surface area contributed by atoms with Gasteiger partial charge in [0.25, 0.3) is 0 Å². The molecule has 0 heterocycles. The molecule has 4 unspecified atom stereocenters. The summed E-state index contributed by atoms with van der Waals surface area (Å²) in [6.45, 7) is 5.99. The fraction of sp³-hybridized carbons (Fsp3) is 0.867. The van der Waals surface area contributed by atoms with Gasteiger partial charge in [-0.1, -0.05) is 20.3 Å². The van der Waals surface area contributed by atoms with Crippen molar-refractivity contribution in [2.45, 2.75) is 58.9 Å². The topological polar surface area (TPSA) is 66.4 Å². The molecule has 19 heavy (non-hydrogen) atoms. The van der Waals surface area contributed by atoms with Crippen molar-refractivity contribution in [3.63, 3.8) is 0 Å². The van der Waals surface area contributed by atoms with Crippen LogP contribution in [0.2, 0.25) is 0 Å². The molecule has 0 spiro atoms. The Labute approximate surface area is 115 Å². The van der Waals surface area contributed by atoms with E-state index in [2.05, 4.69) is 19.2 Å². The number of rotatable bonds is 4. The van der Waals surface area contributed by atoms with Crippen LogP contribution in [0.1, 0.15) is 52.9 Å². The average Bonchev–Trinajstić information content (AvgIpc) is 3.15. The molecular weight excluding hydrogens is 242 g/mol. The largest absolute Gasteiger partial charge is 0.480 e. The maximum atomic E-state index is 12.4. The molecule has 4 heteroatoms. The number of hydrogen-bond donors (Lipinski definition) is 2. The number of hydrogen-bond acceptors (Lipinski definition) is 2. The maximum absolute atomic E-state index is 12.4. The standard InChI is InChI=1S/C15H25NO3/c1-9-4-5-11(8-10(9)2)15(3,14(18)19)13(17)16-12-6-7-12/h9-12H,4-8H2,1-3H3,(H,16,17)(H,18,19). The van der Waals surface area contributed by atoms with Gasteiger partial charge in [-0.15, -0.1) is 0 Å². The lowest BCUT2D eigenvalue weighted by Gasteiger charge is -2.40. The third kappa shape index (κ3) is 2.77. The number of amides is 1. The number of nitrogens with one attached hydrogen (secondary N) is 1. The van der Waals surface area contributed by atoms with Crippen molar-refractivity contribution in [3.05, 3.63) is 0 Å². The Bertz CT molecular complexity index is 378. The van der Waals surface area contributed by atoms with E-state index in [-0.39, 0.29) is 17.9 Å². The van der Waals surface area contributed by atoms with Crippen molar-refractivity contribution in [2.75, 3.05) is 0 Å². The van der Waals surface area contributed by atoms with Crippen LogP contribution in [0.3, 0.4) is 0 Å². The molecule has 0 radical (unpaired) electrons. The zero-order chi connectivity index (χ0) is 14.2. The van der Waals surface area contributed by atoms with Crippen molar-refractivity contribution < 1.29 is 14.7 Å². The molecule has 4 atom stereocenters. The van der Waals surface area contributed by atoms with Crippen LogP contribution < -0.4 is 5.32 Å². The second-order valence-electron chi connectivity index (χ2n) is 6.72. The van der Waals surface area contributed by atoms with E-state index in [1.54, 1.807) is 6.92 Å². The van der Waals surface area contributed by atoms with Gasteiger partial charge in [-0.25, -0.2) is 0 Å². The van der Waals surface area contributed by atoms with E-state index in [0.29, 0.717) is 11.8 Å². The lowest BCUT2D eigenvalue weighted by molar-refractivity contribution is -0.160. The van der Waals surface area contributed by atoms with Crippen molar-refractivity contribution in [1.82, 2.24) is 5.32 Å². The predicted molar refractivity (Wildman–Crippen MR) is 72.6 cm³/mol. The molecule has 2 rings (SSSR count). The van der Waals surface area contributed by atoms with Crippen LogP contribution in [-0.4, -0.2) is 23.0 Å². The van der Waals surface area contributed by atoms with Gasteiger partial charge in [-0.2, -0.15) is 0 Å². The molecule has 0 aromatic heterocycles. The van der Waals surface area contributed by atoms with Crippen molar-refractivity contribution >= 4 is 11.9 Å². The van der Waals surface area contributed by atoms with E-state index in [1.807, 2.05) is 0 Å². The highest BCUT2D eigenvalue weighted by molar-refractivity contribution is 6.02. The first-order chi connectivity index (χ1) is 8.85. The molecule has 0 saturated heterocycles. The molecule has 2 aliphatic carbocycles. The molecule has 0 aromatic rings. The summed E-state index contributed by atoms with van der Waals surface area (Å²) in [5.74, 6) is -0.187. The highest BCUT2D eigenvalue weighted by Gasteiger charge is 2.50. The molecule has 2 fully saturated rings. The quantitative estimate of drug-likeness (QED) is 0.769. The Hall–Kier alpha value is -1.06. The summed E-state index contributed by atoms with van der Waals surface area (Å²) < 4.78 is 0. The van der Waals surface area contributed by atoms with E-state index in [1.165, 1.54) is 0 Å². The van der Waals surface area contributed by atoms with Crippen LogP contribution >= 0.6 is 0 Å². The normalized spacial score (nSPS) is 34.4. The van der Waals surface area contributed by atoms with Gasteiger partial charge in [0.2, 0.25) is 5.91 Å². The lowest BCUT2D eigenvalue weighted by Crippen LogP contribution is -2.51. The third-order valence-corrected chi connectivity index (χ3v) is 5.24. The number of carboxylic acid groups (broad SMARTS) is 1. The fourth-order valence-electron chi connectivity index (χ4n) is 3.09. The van der Waals surface area contributed by atoms with Gasteiger partial charge in [0, 0.05) is 6.04 Å². The van der Waals surface area contributed by atoms with E-state index < -0.39 is 11.4 Å². The molecule has 4 nitrogen and oxygen atoms in total. The number of carboxylic acids is 1. The Morgan fingerprint density at radius 1 is 1.11 bits per heavy atom. The minimum absolute atomic E-state index is 0.0463. The van der Waals surface area contributed by atoms with E-state index in [4.69, 9.17) is 0 Å². The van der Waals surface area contributed by atoms with Crippen LogP contribution in [0.15, 0.2) is 0 Å². The summed E-state index contributed by atoms with van der Waals surface area (Å²) in [6.07, 6.45) is 4.67. The monoisotopic (exact) mass is 267 g/mol. The van der Waals surface area contributed by atoms with Gasteiger partial charge in [-0.05, 0) is 50.4 Å². The number of carbonyl (C=O) groups excluding carboxylic acids is 1. The number of carbonyl (C=O) groups is 2. The van der Waals surface area contributed by atoms with Crippen LogP contribution in [0.25, 0.3) is 0 Å². The molecule has 0 bridgehead atoms. The van der Waals surface area contributed by atoms with Gasteiger partial charge >= 0.3 is 5.97 Å². The summed E-state index contributed by atoms with van der Waals surface area (Å²) in [5.41, 5.74) is -1.27. The first-order valence-electron chi connectivity index (χ1n) is 7.40. The van der Waals surface area contributed by atoms with Crippen molar-refractivity contribution in [3.8, 4) is 0 Å². The Morgan fingerprint density at radius 2 is 1.74 bits per heavy atom. The second kappa shape index (κ2) is 5.14. The predicted octanol–water partition coefficient (Wildman–Crippen LogP) is 2.43. The zero-order valence-electron chi connectivity index (χ0n) is 12.1. The van der Waals surface area contributed by atoms with E-state index >= 15 is 0 Å². The Balaban J connectivity index is 2.13. The van der Waals surface area contributed by atoms with Crippen molar-refractivity contribution in [1.29, 1.82) is 0 Å². The molecule has 0 aromatic carbocycles. The van der Waals surface area contributed by atoms with Gasteiger partial charge in [-0.3, -0.25) is 9.59 Å². The molecule has 2 aliphatic rings.